The third-order valence-electron chi connectivity index (χ3n) is 2.68. The third-order valence-corrected chi connectivity index (χ3v) is 3.42. The molecule has 0 aliphatic carbocycles. The van der Waals surface area contributed by atoms with Gasteiger partial charge in [-0.05, 0) is 17.7 Å². The first-order chi connectivity index (χ1) is 9.19. The topological polar surface area (TPSA) is 49.5 Å². The molecule has 0 bridgehead atoms. The molecule has 0 aliphatic rings. The Bertz CT molecular complexity index is 517. The van der Waals surface area contributed by atoms with Gasteiger partial charge in [0.25, 0.3) is 0 Å². The quantitative estimate of drug-likeness (QED) is 0.891. The normalized spacial score (nSPS) is 11.2. The lowest BCUT2D eigenvalue weighted by Gasteiger charge is -2.20. The van der Waals surface area contributed by atoms with E-state index in [1.165, 1.54) is 6.26 Å². The van der Waals surface area contributed by atoms with Gasteiger partial charge in [-0.25, -0.2) is 0 Å². The first kappa shape index (κ1) is 14.3. The summed E-state index contributed by atoms with van der Waals surface area (Å²) in [7, 11) is 0. The second-order valence-electron chi connectivity index (χ2n) is 4.17. The second kappa shape index (κ2) is 6.91. The Balaban J connectivity index is 2.05. The first-order valence-electron chi connectivity index (χ1n) is 5.85. The van der Waals surface area contributed by atoms with Crippen LogP contribution in [-0.2, 0) is 13.1 Å². The smallest absolute Gasteiger partial charge is 0.124 e. The molecule has 4 nitrogen and oxygen atoms in total. The lowest BCUT2D eigenvalue weighted by molar-refractivity contribution is 0.181. The number of aliphatic hydroxyl groups is 1. The van der Waals surface area contributed by atoms with Gasteiger partial charge in [0.15, 0.2) is 0 Å². The van der Waals surface area contributed by atoms with Gasteiger partial charge in [-0.2, -0.15) is 0 Å². The summed E-state index contributed by atoms with van der Waals surface area (Å²) in [4.78, 5) is 2.05. The number of halogens is 2. The summed E-state index contributed by atoms with van der Waals surface area (Å²) in [5, 5.41) is 14.0. The Morgan fingerprint density at radius 1 is 1.16 bits per heavy atom. The van der Waals surface area contributed by atoms with Crippen LogP contribution in [0.4, 0.5) is 0 Å². The van der Waals surface area contributed by atoms with Crippen molar-refractivity contribution in [2.24, 2.45) is 0 Å². The SMILES string of the molecule is OCCN(Cc1ccc(Cl)c(Cl)c1)Cc1ccon1. The zero-order chi connectivity index (χ0) is 13.7. The Labute approximate surface area is 121 Å². The third kappa shape index (κ3) is 4.21. The highest BCUT2D eigenvalue weighted by molar-refractivity contribution is 6.42. The van der Waals surface area contributed by atoms with Crippen molar-refractivity contribution in [3.05, 3.63) is 51.8 Å². The summed E-state index contributed by atoms with van der Waals surface area (Å²) in [6, 6.07) is 7.32. The molecule has 0 radical (unpaired) electrons. The monoisotopic (exact) mass is 300 g/mol. The van der Waals surface area contributed by atoms with Gasteiger partial charge >= 0.3 is 0 Å². The molecule has 102 valence electrons. The van der Waals surface area contributed by atoms with Crippen LogP contribution in [0, 0.1) is 0 Å². The molecule has 0 fully saturated rings. The van der Waals surface area contributed by atoms with Crippen molar-refractivity contribution in [1.29, 1.82) is 0 Å². The zero-order valence-electron chi connectivity index (χ0n) is 10.2. The Morgan fingerprint density at radius 2 is 2.00 bits per heavy atom. The van der Waals surface area contributed by atoms with Crippen molar-refractivity contribution >= 4 is 23.2 Å². The average molecular weight is 301 g/mol. The van der Waals surface area contributed by atoms with Gasteiger partial charge in [0.1, 0.15) is 6.26 Å². The molecule has 0 amide bonds. The molecular weight excluding hydrogens is 287 g/mol. The van der Waals surface area contributed by atoms with Crippen molar-refractivity contribution in [2.45, 2.75) is 13.1 Å². The second-order valence-corrected chi connectivity index (χ2v) is 4.99. The Kier molecular flexibility index (Phi) is 5.22. The van der Waals surface area contributed by atoms with Gasteiger partial charge in [0.2, 0.25) is 0 Å². The Morgan fingerprint density at radius 3 is 2.63 bits per heavy atom. The average Bonchev–Trinajstić information content (AvgIpc) is 2.87. The van der Waals surface area contributed by atoms with E-state index < -0.39 is 0 Å². The maximum Gasteiger partial charge on any atom is 0.124 e. The number of benzene rings is 1. The van der Waals surface area contributed by atoms with Crippen molar-refractivity contribution in [3.63, 3.8) is 0 Å². The molecule has 0 spiro atoms. The van der Waals surface area contributed by atoms with E-state index >= 15 is 0 Å². The van der Waals surface area contributed by atoms with Crippen LogP contribution in [0.1, 0.15) is 11.3 Å². The van der Waals surface area contributed by atoms with Crippen molar-refractivity contribution in [2.75, 3.05) is 13.2 Å². The van der Waals surface area contributed by atoms with Gasteiger partial charge < -0.3 is 9.63 Å². The standard InChI is InChI=1S/C13H14Cl2N2O2/c14-12-2-1-10(7-13(12)15)8-17(4-5-18)9-11-3-6-19-16-11/h1-3,6-7,18H,4-5,8-9H2. The summed E-state index contributed by atoms with van der Waals surface area (Å²) in [5.41, 5.74) is 1.86. The van der Waals surface area contributed by atoms with Crippen molar-refractivity contribution in [3.8, 4) is 0 Å². The van der Waals surface area contributed by atoms with E-state index in [1.54, 1.807) is 12.1 Å². The molecule has 1 N–H and O–H groups in total. The molecular formula is C13H14Cl2N2O2. The molecule has 2 aromatic rings. The van der Waals surface area contributed by atoms with Gasteiger partial charge in [-0.1, -0.05) is 34.4 Å². The molecule has 0 aliphatic heterocycles. The molecule has 0 saturated heterocycles. The maximum absolute atomic E-state index is 9.11. The minimum Gasteiger partial charge on any atom is -0.395 e. The molecule has 2 rings (SSSR count). The molecule has 0 atom stereocenters. The molecule has 1 aromatic carbocycles. The molecule has 1 heterocycles. The van der Waals surface area contributed by atoms with Gasteiger partial charge in [-0.15, -0.1) is 0 Å². The highest BCUT2D eigenvalue weighted by Crippen LogP contribution is 2.23. The van der Waals surface area contributed by atoms with Crippen LogP contribution in [-0.4, -0.2) is 28.3 Å². The number of hydrogen-bond acceptors (Lipinski definition) is 4. The van der Waals surface area contributed by atoms with E-state index in [-0.39, 0.29) is 6.61 Å². The highest BCUT2D eigenvalue weighted by Gasteiger charge is 2.09. The molecule has 1 aromatic heterocycles. The fourth-order valence-electron chi connectivity index (χ4n) is 1.80. The minimum atomic E-state index is 0.0825. The van der Waals surface area contributed by atoms with Crippen molar-refractivity contribution < 1.29 is 9.63 Å². The largest absolute Gasteiger partial charge is 0.395 e. The van der Waals surface area contributed by atoms with Crippen LogP contribution < -0.4 is 0 Å². The molecule has 0 saturated carbocycles. The summed E-state index contributed by atoms with van der Waals surface area (Å²) in [6.07, 6.45) is 1.53. The summed E-state index contributed by atoms with van der Waals surface area (Å²) in [5.74, 6) is 0. The van der Waals surface area contributed by atoms with Crippen LogP contribution in [0.3, 0.4) is 0 Å². The van der Waals surface area contributed by atoms with E-state index in [0.29, 0.717) is 29.7 Å². The number of hydrogen-bond donors (Lipinski definition) is 1. The summed E-state index contributed by atoms with van der Waals surface area (Å²) < 4.78 is 4.80. The molecule has 6 heteroatoms. The van der Waals surface area contributed by atoms with Gasteiger partial charge in [-0.3, -0.25) is 4.90 Å². The summed E-state index contributed by atoms with van der Waals surface area (Å²) in [6.45, 7) is 1.90. The number of aliphatic hydroxyl groups excluding tert-OH is 1. The van der Waals surface area contributed by atoms with Gasteiger partial charge in [0, 0.05) is 25.7 Å². The van der Waals surface area contributed by atoms with Crippen LogP contribution in [0.5, 0.6) is 0 Å². The Hall–Kier alpha value is -1.07. The lowest BCUT2D eigenvalue weighted by Crippen LogP contribution is -2.26. The van der Waals surface area contributed by atoms with Crippen LogP contribution in [0.15, 0.2) is 35.1 Å². The minimum absolute atomic E-state index is 0.0825. The van der Waals surface area contributed by atoms with E-state index in [4.69, 9.17) is 32.8 Å². The van der Waals surface area contributed by atoms with Crippen LogP contribution in [0.2, 0.25) is 10.0 Å². The van der Waals surface area contributed by atoms with E-state index in [9.17, 15) is 0 Å². The van der Waals surface area contributed by atoms with Crippen LogP contribution >= 0.6 is 23.2 Å². The first-order valence-corrected chi connectivity index (χ1v) is 6.61. The van der Waals surface area contributed by atoms with Crippen LogP contribution in [0.25, 0.3) is 0 Å². The fraction of sp³-hybridized carbons (Fsp3) is 0.308. The molecule has 19 heavy (non-hydrogen) atoms. The predicted molar refractivity (Wildman–Crippen MR) is 74.2 cm³/mol. The van der Waals surface area contributed by atoms with Crippen molar-refractivity contribution in [1.82, 2.24) is 10.1 Å². The fourth-order valence-corrected chi connectivity index (χ4v) is 2.12. The van der Waals surface area contributed by atoms with Gasteiger partial charge in [0.05, 0.1) is 22.3 Å². The number of rotatable bonds is 6. The number of nitrogens with zero attached hydrogens (tertiary/aromatic N) is 2. The summed E-state index contributed by atoms with van der Waals surface area (Å²) >= 11 is 11.9. The van der Waals surface area contributed by atoms with E-state index in [2.05, 4.69) is 10.1 Å². The predicted octanol–water partition coefficient (Wildman–Crippen LogP) is 2.98. The molecule has 0 unspecified atom stereocenters. The zero-order valence-corrected chi connectivity index (χ0v) is 11.7. The number of aromatic nitrogens is 1. The van der Waals surface area contributed by atoms with E-state index in [0.717, 1.165) is 11.3 Å². The lowest BCUT2D eigenvalue weighted by atomic mass is 10.2. The maximum atomic E-state index is 9.11. The van der Waals surface area contributed by atoms with E-state index in [1.807, 2.05) is 12.1 Å². The highest BCUT2D eigenvalue weighted by atomic mass is 35.5.